The number of hydrogen-bond acceptors (Lipinski definition) is 6. The maximum absolute atomic E-state index is 11.6. The Bertz CT molecular complexity index is 785. The predicted octanol–water partition coefficient (Wildman–Crippen LogP) is -6.68. The molecule has 2 aromatic carbocycles. The van der Waals surface area contributed by atoms with Gasteiger partial charge < -0.3 is 28.5 Å². The first-order valence-corrected chi connectivity index (χ1v) is 11.6. The molecule has 0 aliphatic rings. The van der Waals surface area contributed by atoms with Crippen LogP contribution in [0.15, 0.2) is 54.6 Å². The van der Waals surface area contributed by atoms with E-state index < -0.39 is 20.9 Å². The second-order valence-electron chi connectivity index (χ2n) is 5.81. The van der Waals surface area contributed by atoms with E-state index in [4.69, 9.17) is 4.74 Å². The number of benzene rings is 2. The topological polar surface area (TPSA) is 113 Å². The average Bonchev–Trinajstić information content (AvgIpc) is 2.51. The molecule has 1 unspecified atom stereocenters. The predicted molar refractivity (Wildman–Crippen MR) is 90.8 cm³/mol. The van der Waals surface area contributed by atoms with Crippen molar-refractivity contribution < 1.29 is 183 Å². The Morgan fingerprint density at radius 2 is 1.39 bits per heavy atom. The van der Waals surface area contributed by atoms with Gasteiger partial charge in [0.05, 0.1) is 0 Å². The van der Waals surface area contributed by atoms with Gasteiger partial charge in [-0.1, -0.05) is 37.9 Å². The normalized spacial score (nSPS) is 12.5. The zero-order chi connectivity index (χ0) is 18.3. The summed E-state index contributed by atoms with van der Waals surface area (Å²) < 4.78 is 27.9. The van der Waals surface area contributed by atoms with E-state index in [0.717, 1.165) is 11.3 Å². The Balaban J connectivity index is 0. The van der Waals surface area contributed by atoms with Crippen LogP contribution in [0.2, 0.25) is 0 Å². The van der Waals surface area contributed by atoms with Gasteiger partial charge in [0.25, 0.3) is 0 Å². The second-order valence-corrected chi connectivity index (χ2v) is 10.2. The van der Waals surface area contributed by atoms with Crippen LogP contribution < -0.4 is 174 Å². The first-order valence-electron chi connectivity index (χ1n) is 7.86. The molecule has 28 heavy (non-hydrogen) atoms. The molecule has 0 saturated carbocycles. The molecule has 0 heterocycles. The van der Waals surface area contributed by atoms with Gasteiger partial charge in [-0.2, -0.15) is 0 Å². The van der Waals surface area contributed by atoms with Gasteiger partial charge in [0.2, 0.25) is 0 Å². The minimum Gasteiger partial charge on any atom is -0.810 e. The summed E-state index contributed by atoms with van der Waals surface area (Å²) in [7, 11) is -9.18. The number of aryl methyl sites for hydroxylation is 1. The fourth-order valence-corrected chi connectivity index (χ4v) is 5.79. The molecule has 1 atom stereocenters. The smallest absolute Gasteiger partial charge is 0.810 e. The maximum atomic E-state index is 11.6. The van der Waals surface area contributed by atoms with Gasteiger partial charge in [-0.05, 0) is 55.3 Å². The first-order chi connectivity index (χ1) is 11.7. The van der Waals surface area contributed by atoms with Crippen molar-refractivity contribution in [3.63, 3.8) is 0 Å². The van der Waals surface area contributed by atoms with E-state index in [1.54, 1.807) is 0 Å². The van der Waals surface area contributed by atoms with Crippen molar-refractivity contribution in [3.8, 4) is 11.5 Å². The van der Waals surface area contributed by atoms with Crippen LogP contribution in [0.4, 0.5) is 0 Å². The Kier molecular flexibility index (Phi) is 20.4. The third kappa shape index (κ3) is 15.3. The molecule has 0 spiro atoms. The molecular weight excluding hydrogens is 479 g/mol. The molecular formula is C17H19K3O6P2. The fraction of sp³-hybridized carbons (Fsp3) is 0.294. The molecule has 0 bridgehead atoms. The average molecular weight is 499 g/mol. The maximum Gasteiger partial charge on any atom is 1.00 e. The van der Waals surface area contributed by atoms with Crippen molar-refractivity contribution >= 4 is 15.0 Å². The minimum atomic E-state index is -5.03. The Hall–Kier alpha value is 3.49. The molecule has 0 amide bonds. The van der Waals surface area contributed by atoms with Crippen LogP contribution in [0.25, 0.3) is 0 Å². The molecule has 0 fully saturated rings. The molecule has 2 rings (SSSR count). The van der Waals surface area contributed by atoms with E-state index in [1.807, 2.05) is 54.6 Å². The number of ether oxygens (including phenoxy) is 1. The van der Waals surface area contributed by atoms with E-state index in [-0.39, 0.29) is 160 Å². The van der Waals surface area contributed by atoms with Crippen molar-refractivity contribution in [2.75, 3.05) is 12.1 Å². The Morgan fingerprint density at radius 1 is 0.786 bits per heavy atom. The molecule has 0 saturated heterocycles. The molecule has 136 valence electrons. The largest absolute Gasteiger partial charge is 1.00 e. The van der Waals surface area contributed by atoms with Crippen LogP contribution in [0, 0.1) is 0 Å². The number of unbranched alkanes of at least 4 members (excludes halogenated alkanes) is 1. The molecule has 11 heteroatoms. The molecule has 0 aliphatic carbocycles. The number of para-hydroxylation sites is 1. The standard InChI is InChI=1S/C17H22O6P2.3K/c18-24(19,14-25(20,21)22)12-5-4-7-15-8-6-11-17(13-15)23-16-9-2-1-3-10-16;;;/h1-3,6,8-11,13H,4-5,7,12,14H2,(H,18,19)(H2,20,21,22);;;/q;3*+1/p-3. The van der Waals surface area contributed by atoms with E-state index in [2.05, 4.69) is 0 Å². The zero-order valence-electron chi connectivity index (χ0n) is 16.6. The zero-order valence-corrected chi connectivity index (χ0v) is 27.7. The van der Waals surface area contributed by atoms with E-state index in [9.17, 15) is 23.8 Å². The van der Waals surface area contributed by atoms with Crippen LogP contribution in [0.1, 0.15) is 18.4 Å². The van der Waals surface area contributed by atoms with Crippen LogP contribution in [0.3, 0.4) is 0 Å². The summed E-state index contributed by atoms with van der Waals surface area (Å²) in [6, 6.07) is 16.8. The minimum absolute atomic E-state index is 0. The fourth-order valence-electron chi connectivity index (χ4n) is 2.41. The van der Waals surface area contributed by atoms with Gasteiger partial charge in [-0.25, -0.2) is 0 Å². The molecule has 0 radical (unpaired) electrons. The van der Waals surface area contributed by atoms with E-state index in [0.29, 0.717) is 25.0 Å². The third-order valence-corrected chi connectivity index (χ3v) is 7.59. The van der Waals surface area contributed by atoms with Crippen molar-refractivity contribution in [1.29, 1.82) is 0 Å². The SMILES string of the molecule is O=P([O-])([O-])CP(=O)([O-])CCCCc1cccc(Oc2ccccc2)c1.[K+].[K+].[K+]. The van der Waals surface area contributed by atoms with Crippen molar-refractivity contribution in [1.82, 2.24) is 0 Å². The summed E-state index contributed by atoms with van der Waals surface area (Å²) in [6.45, 7) is 0. The van der Waals surface area contributed by atoms with Gasteiger partial charge in [0, 0.05) is 13.3 Å². The van der Waals surface area contributed by atoms with Crippen LogP contribution in [-0.2, 0) is 15.6 Å². The molecule has 0 aromatic heterocycles. The van der Waals surface area contributed by atoms with Crippen molar-refractivity contribution in [2.24, 2.45) is 0 Å². The Labute approximate surface area is 293 Å². The van der Waals surface area contributed by atoms with Gasteiger partial charge in [-0.15, -0.1) is 0 Å². The molecule has 0 aliphatic heterocycles. The number of hydrogen-bond donors (Lipinski definition) is 0. The van der Waals surface area contributed by atoms with E-state index >= 15 is 0 Å². The summed E-state index contributed by atoms with van der Waals surface area (Å²) in [5.41, 5.74) is 0.993. The monoisotopic (exact) mass is 498 g/mol. The summed E-state index contributed by atoms with van der Waals surface area (Å²) in [6.07, 6.45) is 1.24. The molecule has 2 aromatic rings. The van der Waals surface area contributed by atoms with Gasteiger partial charge in [0.1, 0.15) is 11.5 Å². The summed E-state index contributed by atoms with van der Waals surface area (Å²) in [5, 5.41) is 0. The van der Waals surface area contributed by atoms with E-state index in [1.165, 1.54) is 0 Å². The van der Waals surface area contributed by atoms with Crippen molar-refractivity contribution in [3.05, 3.63) is 60.2 Å². The van der Waals surface area contributed by atoms with Crippen LogP contribution >= 0.6 is 15.0 Å². The molecule has 0 N–H and O–H groups in total. The van der Waals surface area contributed by atoms with Gasteiger partial charge >= 0.3 is 154 Å². The van der Waals surface area contributed by atoms with Gasteiger partial charge in [0.15, 0.2) is 0 Å². The summed E-state index contributed by atoms with van der Waals surface area (Å²) in [4.78, 5) is 32.7. The Morgan fingerprint density at radius 3 is 2.00 bits per heavy atom. The molecule has 6 nitrogen and oxygen atoms in total. The van der Waals surface area contributed by atoms with Crippen molar-refractivity contribution in [2.45, 2.75) is 19.3 Å². The first kappa shape index (κ1) is 33.7. The summed E-state index contributed by atoms with van der Waals surface area (Å²) >= 11 is 0. The third-order valence-electron chi connectivity index (χ3n) is 3.48. The van der Waals surface area contributed by atoms with Crippen LogP contribution in [-0.4, -0.2) is 12.1 Å². The van der Waals surface area contributed by atoms with Gasteiger partial charge in [-0.3, -0.25) is 0 Å². The number of rotatable bonds is 9. The summed E-state index contributed by atoms with van der Waals surface area (Å²) in [5.74, 6) is 0.142. The second kappa shape index (κ2) is 17.0. The van der Waals surface area contributed by atoms with Crippen LogP contribution in [0.5, 0.6) is 11.5 Å². The quantitative estimate of drug-likeness (QED) is 0.193.